The molecule has 1 amide bonds. The molecule has 0 radical (unpaired) electrons. The summed E-state index contributed by atoms with van der Waals surface area (Å²) in [6, 6.07) is 7.94. The predicted octanol–water partition coefficient (Wildman–Crippen LogP) is 4.36. The highest BCUT2D eigenvalue weighted by Crippen LogP contribution is 2.49. The van der Waals surface area contributed by atoms with Crippen molar-refractivity contribution >= 4 is 17.0 Å². The highest BCUT2D eigenvalue weighted by atomic mass is 16.3. The third-order valence-corrected chi connectivity index (χ3v) is 6.83. The van der Waals surface area contributed by atoms with E-state index < -0.39 is 0 Å². The van der Waals surface area contributed by atoms with Crippen molar-refractivity contribution in [3.8, 4) is 0 Å². The first-order valence-corrected chi connectivity index (χ1v) is 9.89. The maximum Gasteiger partial charge on any atom is 0.222 e. The van der Waals surface area contributed by atoms with Crippen LogP contribution in [0.15, 0.2) is 28.7 Å². The normalized spacial score (nSPS) is 29.6. The molecule has 0 unspecified atom stereocenters. The summed E-state index contributed by atoms with van der Waals surface area (Å²) in [6.07, 6.45) is 8.18. The van der Waals surface area contributed by atoms with Gasteiger partial charge < -0.3 is 9.32 Å². The van der Waals surface area contributed by atoms with Gasteiger partial charge in [0.2, 0.25) is 5.91 Å². The molecule has 1 aromatic carbocycles. The van der Waals surface area contributed by atoms with E-state index in [0.717, 1.165) is 61.2 Å². The highest BCUT2D eigenvalue weighted by Gasteiger charge is 2.41. The second kappa shape index (κ2) is 6.15. The summed E-state index contributed by atoms with van der Waals surface area (Å²) >= 11 is 0. The van der Waals surface area contributed by atoms with Crippen molar-refractivity contribution in [2.75, 3.05) is 13.1 Å². The fourth-order valence-corrected chi connectivity index (χ4v) is 5.42. The van der Waals surface area contributed by atoms with E-state index in [0.29, 0.717) is 17.7 Å². The molecule has 1 saturated heterocycles. The minimum absolute atomic E-state index is 0.346. The molecule has 3 aliphatic rings. The van der Waals surface area contributed by atoms with Gasteiger partial charge in [-0.3, -0.25) is 4.79 Å². The number of aromatic nitrogens is 1. The van der Waals surface area contributed by atoms with Gasteiger partial charge in [0.25, 0.3) is 0 Å². The number of piperidine rings is 1. The van der Waals surface area contributed by atoms with E-state index in [1.165, 1.54) is 25.7 Å². The second-order valence-corrected chi connectivity index (χ2v) is 8.31. The van der Waals surface area contributed by atoms with Gasteiger partial charge in [-0.1, -0.05) is 18.6 Å². The molecule has 3 atom stereocenters. The fraction of sp³-hybridized carbons (Fsp3) is 0.619. The number of amides is 1. The van der Waals surface area contributed by atoms with Crippen LogP contribution in [-0.2, 0) is 4.79 Å². The van der Waals surface area contributed by atoms with E-state index in [2.05, 4.69) is 9.88 Å². The lowest BCUT2D eigenvalue weighted by atomic mass is 9.86. The third-order valence-electron chi connectivity index (χ3n) is 6.83. The smallest absolute Gasteiger partial charge is 0.222 e. The Balaban J connectivity index is 1.18. The molecule has 2 aliphatic carbocycles. The molecule has 0 spiro atoms. The Morgan fingerprint density at radius 1 is 1.12 bits per heavy atom. The molecule has 4 heteroatoms. The van der Waals surface area contributed by atoms with Crippen molar-refractivity contribution in [3.63, 3.8) is 0 Å². The number of para-hydroxylation sites is 2. The Labute approximate surface area is 148 Å². The number of benzene rings is 1. The topological polar surface area (TPSA) is 46.3 Å². The van der Waals surface area contributed by atoms with Crippen LogP contribution in [0, 0.1) is 17.8 Å². The van der Waals surface area contributed by atoms with Crippen molar-refractivity contribution in [3.05, 3.63) is 30.2 Å². The van der Waals surface area contributed by atoms with Crippen LogP contribution in [0.5, 0.6) is 0 Å². The summed E-state index contributed by atoms with van der Waals surface area (Å²) in [5.41, 5.74) is 1.81. The predicted molar refractivity (Wildman–Crippen MR) is 96.1 cm³/mol. The highest BCUT2D eigenvalue weighted by molar-refractivity contribution is 5.76. The first-order chi connectivity index (χ1) is 12.3. The first-order valence-electron chi connectivity index (χ1n) is 9.89. The van der Waals surface area contributed by atoms with E-state index >= 15 is 0 Å². The van der Waals surface area contributed by atoms with Gasteiger partial charge in [0.15, 0.2) is 11.5 Å². The summed E-state index contributed by atoms with van der Waals surface area (Å²) in [5.74, 6) is 4.01. The molecule has 3 fully saturated rings. The average Bonchev–Trinajstić information content (AvgIpc) is 3.36. The second-order valence-electron chi connectivity index (χ2n) is 8.31. The van der Waals surface area contributed by atoms with Crippen LogP contribution >= 0.6 is 0 Å². The van der Waals surface area contributed by atoms with Gasteiger partial charge in [0.05, 0.1) is 0 Å². The summed E-state index contributed by atoms with van der Waals surface area (Å²) in [4.78, 5) is 19.4. The molecular formula is C21H26N2O2. The molecule has 132 valence electrons. The van der Waals surface area contributed by atoms with E-state index in [1.54, 1.807) is 0 Å². The molecule has 5 rings (SSSR count). The van der Waals surface area contributed by atoms with Crippen molar-refractivity contribution in [2.45, 2.75) is 50.9 Å². The monoisotopic (exact) mass is 338 g/mol. The Bertz CT molecular complexity index is 742. The number of oxazole rings is 1. The first kappa shape index (κ1) is 15.4. The fourth-order valence-electron chi connectivity index (χ4n) is 5.42. The number of hydrogen-bond donors (Lipinski definition) is 0. The molecule has 2 saturated carbocycles. The van der Waals surface area contributed by atoms with Gasteiger partial charge in [-0.2, -0.15) is 0 Å². The van der Waals surface area contributed by atoms with Gasteiger partial charge >= 0.3 is 0 Å². The zero-order valence-corrected chi connectivity index (χ0v) is 14.7. The largest absolute Gasteiger partial charge is 0.440 e. The van der Waals surface area contributed by atoms with Gasteiger partial charge in [-0.05, 0) is 62.0 Å². The van der Waals surface area contributed by atoms with Crippen LogP contribution in [0.4, 0.5) is 0 Å². The zero-order valence-electron chi connectivity index (χ0n) is 14.7. The lowest BCUT2D eigenvalue weighted by Gasteiger charge is -2.32. The molecule has 0 N–H and O–H groups in total. The van der Waals surface area contributed by atoms with Crippen LogP contribution in [0.2, 0.25) is 0 Å². The summed E-state index contributed by atoms with van der Waals surface area (Å²) in [5, 5.41) is 0. The van der Waals surface area contributed by atoms with E-state index in [-0.39, 0.29) is 0 Å². The van der Waals surface area contributed by atoms with Crippen molar-refractivity contribution in [1.29, 1.82) is 0 Å². The van der Waals surface area contributed by atoms with Crippen molar-refractivity contribution < 1.29 is 9.21 Å². The number of rotatable bonds is 3. The molecule has 2 heterocycles. The number of likely N-dealkylation sites (tertiary alicyclic amines) is 1. The molecule has 1 aliphatic heterocycles. The van der Waals surface area contributed by atoms with E-state index in [1.807, 2.05) is 24.3 Å². The molecule has 4 nitrogen and oxygen atoms in total. The minimum Gasteiger partial charge on any atom is -0.440 e. The van der Waals surface area contributed by atoms with Crippen molar-refractivity contribution in [2.24, 2.45) is 17.8 Å². The maximum absolute atomic E-state index is 12.7. The summed E-state index contributed by atoms with van der Waals surface area (Å²) in [7, 11) is 0. The SMILES string of the molecule is O=C(C[C@H]1C[C@H]2CC[C@H]1C2)N1CCC(c2nc3ccccc3o2)CC1. The Morgan fingerprint density at radius 3 is 2.68 bits per heavy atom. The molecule has 2 aromatic rings. The number of fused-ring (bicyclic) bond motifs is 3. The van der Waals surface area contributed by atoms with Gasteiger partial charge in [-0.15, -0.1) is 0 Å². The lowest BCUT2D eigenvalue weighted by molar-refractivity contribution is -0.133. The van der Waals surface area contributed by atoms with Gasteiger partial charge in [-0.25, -0.2) is 4.98 Å². The van der Waals surface area contributed by atoms with Crippen molar-refractivity contribution in [1.82, 2.24) is 9.88 Å². The average molecular weight is 338 g/mol. The van der Waals surface area contributed by atoms with E-state index in [4.69, 9.17) is 4.42 Å². The Morgan fingerprint density at radius 2 is 1.96 bits per heavy atom. The summed E-state index contributed by atoms with van der Waals surface area (Å²) < 4.78 is 5.93. The van der Waals surface area contributed by atoms with Crippen LogP contribution in [0.1, 0.15) is 56.8 Å². The van der Waals surface area contributed by atoms with Gasteiger partial charge in [0.1, 0.15) is 5.52 Å². The minimum atomic E-state index is 0.346. The Kier molecular flexibility index (Phi) is 3.79. The van der Waals surface area contributed by atoms with Gasteiger partial charge in [0, 0.05) is 25.4 Å². The third kappa shape index (κ3) is 2.86. The quantitative estimate of drug-likeness (QED) is 0.835. The number of hydrogen-bond acceptors (Lipinski definition) is 3. The Hall–Kier alpha value is -1.84. The lowest BCUT2D eigenvalue weighted by Crippen LogP contribution is -2.39. The van der Waals surface area contributed by atoms with E-state index in [9.17, 15) is 4.79 Å². The molecule has 1 aromatic heterocycles. The standard InChI is InChI=1S/C21H26N2O2/c24-20(13-17-12-14-5-6-16(17)11-14)23-9-7-15(8-10-23)21-22-18-3-1-2-4-19(18)25-21/h1-4,14-17H,5-13H2/t14-,16-,17+/m0/s1. The maximum atomic E-state index is 12.7. The van der Waals surface area contributed by atoms with Crippen LogP contribution in [0.25, 0.3) is 11.1 Å². The molecule has 2 bridgehead atoms. The number of nitrogens with zero attached hydrogens (tertiary/aromatic N) is 2. The van der Waals surface area contributed by atoms with Crippen LogP contribution < -0.4 is 0 Å². The molecular weight excluding hydrogens is 312 g/mol. The van der Waals surface area contributed by atoms with Crippen LogP contribution in [0.3, 0.4) is 0 Å². The number of carbonyl (C=O) groups excluding carboxylic acids is 1. The zero-order chi connectivity index (χ0) is 16.8. The molecule has 25 heavy (non-hydrogen) atoms. The van der Waals surface area contributed by atoms with Crippen LogP contribution in [-0.4, -0.2) is 28.9 Å². The summed E-state index contributed by atoms with van der Waals surface area (Å²) in [6.45, 7) is 1.70. The number of carbonyl (C=O) groups is 1.